The van der Waals surface area contributed by atoms with Crippen LogP contribution in [0.5, 0.6) is 0 Å². The second kappa shape index (κ2) is 5.49. The molecule has 0 fully saturated rings. The van der Waals surface area contributed by atoms with Gasteiger partial charge in [-0.15, -0.1) is 21.5 Å². The fraction of sp³-hybridized carbons (Fsp3) is 0.231. The van der Waals surface area contributed by atoms with Crippen LogP contribution in [0.1, 0.15) is 29.1 Å². The Morgan fingerprint density at radius 1 is 1.52 bits per heavy atom. The Morgan fingerprint density at radius 2 is 2.38 bits per heavy atom. The summed E-state index contributed by atoms with van der Waals surface area (Å²) in [5.74, 6) is 0.507. The first-order chi connectivity index (χ1) is 10.2. The van der Waals surface area contributed by atoms with Crippen molar-refractivity contribution in [3.63, 3.8) is 0 Å². The number of nitrogens with one attached hydrogen (secondary N) is 2. The minimum Gasteiger partial charge on any atom is -0.342 e. The lowest BCUT2D eigenvalue weighted by molar-refractivity contribution is 0.0938. The van der Waals surface area contributed by atoms with Gasteiger partial charge in [-0.3, -0.25) is 9.89 Å². The minimum absolute atomic E-state index is 0.192. The lowest BCUT2D eigenvalue weighted by Gasteiger charge is -2.12. The number of carbonyl (C=O) groups is 1. The Hall–Kier alpha value is -2.48. The summed E-state index contributed by atoms with van der Waals surface area (Å²) in [7, 11) is 1.84. The number of hydrogen-bond acceptors (Lipinski definition) is 5. The molecule has 0 saturated carbocycles. The van der Waals surface area contributed by atoms with E-state index in [9.17, 15) is 4.79 Å². The van der Waals surface area contributed by atoms with Crippen LogP contribution in [-0.4, -0.2) is 30.9 Å². The summed E-state index contributed by atoms with van der Waals surface area (Å²) in [6, 6.07) is 3.64. The van der Waals surface area contributed by atoms with Gasteiger partial charge in [0.25, 0.3) is 5.91 Å². The smallest absolute Gasteiger partial charge is 0.255 e. The van der Waals surface area contributed by atoms with E-state index in [0.717, 1.165) is 10.6 Å². The fourth-order valence-corrected chi connectivity index (χ4v) is 2.82. The van der Waals surface area contributed by atoms with E-state index in [1.807, 2.05) is 31.5 Å². The maximum absolute atomic E-state index is 12.4. The Balaban J connectivity index is 1.81. The molecule has 0 saturated heterocycles. The molecule has 0 unspecified atom stereocenters. The lowest BCUT2D eigenvalue weighted by atomic mass is 10.2. The van der Waals surface area contributed by atoms with Crippen LogP contribution in [-0.2, 0) is 7.05 Å². The van der Waals surface area contributed by atoms with Crippen molar-refractivity contribution in [3.8, 4) is 10.6 Å². The van der Waals surface area contributed by atoms with E-state index < -0.39 is 0 Å². The van der Waals surface area contributed by atoms with Gasteiger partial charge in [0.2, 0.25) is 0 Å². The van der Waals surface area contributed by atoms with Gasteiger partial charge in [-0.1, -0.05) is 6.07 Å². The molecule has 0 spiro atoms. The average molecular weight is 302 g/mol. The average Bonchev–Trinajstić information content (AvgIpc) is 3.19. The van der Waals surface area contributed by atoms with Crippen molar-refractivity contribution < 1.29 is 4.79 Å². The maximum Gasteiger partial charge on any atom is 0.255 e. The third-order valence-electron chi connectivity index (χ3n) is 3.13. The summed E-state index contributed by atoms with van der Waals surface area (Å²) in [6.07, 6.45) is 3.14. The van der Waals surface area contributed by atoms with E-state index in [-0.39, 0.29) is 11.9 Å². The maximum atomic E-state index is 12.4. The van der Waals surface area contributed by atoms with Crippen molar-refractivity contribution in [2.24, 2.45) is 7.05 Å². The van der Waals surface area contributed by atoms with Crippen molar-refractivity contribution in [2.45, 2.75) is 13.0 Å². The van der Waals surface area contributed by atoms with Crippen LogP contribution in [0.3, 0.4) is 0 Å². The number of aromatic nitrogens is 5. The highest BCUT2D eigenvalue weighted by atomic mass is 32.1. The molecule has 8 heteroatoms. The number of rotatable bonds is 4. The molecular weight excluding hydrogens is 288 g/mol. The van der Waals surface area contributed by atoms with E-state index in [1.165, 1.54) is 6.20 Å². The summed E-state index contributed by atoms with van der Waals surface area (Å²) in [4.78, 5) is 13.4. The molecule has 0 aliphatic rings. The van der Waals surface area contributed by atoms with Gasteiger partial charge in [-0.2, -0.15) is 5.10 Å². The normalized spacial score (nSPS) is 12.3. The van der Waals surface area contributed by atoms with Crippen molar-refractivity contribution in [1.82, 2.24) is 30.3 Å². The molecule has 0 bridgehead atoms. The largest absolute Gasteiger partial charge is 0.342 e. The fourth-order valence-electron chi connectivity index (χ4n) is 2.09. The van der Waals surface area contributed by atoms with Gasteiger partial charge in [-0.05, 0) is 18.4 Å². The monoisotopic (exact) mass is 302 g/mol. The van der Waals surface area contributed by atoms with Gasteiger partial charge in [0, 0.05) is 7.05 Å². The van der Waals surface area contributed by atoms with Gasteiger partial charge in [0.1, 0.15) is 6.33 Å². The van der Waals surface area contributed by atoms with E-state index in [2.05, 4.69) is 25.7 Å². The molecule has 0 radical (unpaired) electrons. The number of aryl methyl sites for hydroxylation is 1. The highest BCUT2D eigenvalue weighted by molar-refractivity contribution is 7.13. The Bertz CT molecular complexity index is 744. The number of H-pyrrole nitrogens is 1. The van der Waals surface area contributed by atoms with E-state index in [0.29, 0.717) is 11.4 Å². The summed E-state index contributed by atoms with van der Waals surface area (Å²) in [5.41, 5.74) is 1.25. The van der Waals surface area contributed by atoms with E-state index in [1.54, 1.807) is 22.2 Å². The molecule has 108 valence electrons. The van der Waals surface area contributed by atoms with Gasteiger partial charge in [-0.25, -0.2) is 0 Å². The molecule has 0 aromatic carbocycles. The van der Waals surface area contributed by atoms with Crippen LogP contribution in [0, 0.1) is 0 Å². The summed E-state index contributed by atoms with van der Waals surface area (Å²) < 4.78 is 1.78. The third-order valence-corrected chi connectivity index (χ3v) is 4.02. The highest BCUT2D eigenvalue weighted by Crippen LogP contribution is 2.26. The molecule has 3 aromatic heterocycles. The first-order valence-corrected chi connectivity index (χ1v) is 7.26. The van der Waals surface area contributed by atoms with Gasteiger partial charge in [0.05, 0.1) is 28.4 Å². The number of thiophene rings is 1. The molecule has 2 N–H and O–H groups in total. The second-order valence-electron chi connectivity index (χ2n) is 4.63. The van der Waals surface area contributed by atoms with Crippen molar-refractivity contribution in [2.75, 3.05) is 0 Å². The molecule has 1 atom stereocenters. The van der Waals surface area contributed by atoms with Gasteiger partial charge < -0.3 is 9.88 Å². The van der Waals surface area contributed by atoms with Crippen molar-refractivity contribution >= 4 is 17.2 Å². The molecule has 3 heterocycles. The number of carbonyl (C=O) groups excluding carboxylic acids is 1. The predicted octanol–water partition coefficient (Wildman–Crippen LogP) is 1.76. The van der Waals surface area contributed by atoms with E-state index >= 15 is 0 Å². The molecule has 21 heavy (non-hydrogen) atoms. The van der Waals surface area contributed by atoms with Crippen molar-refractivity contribution in [3.05, 3.63) is 41.4 Å². The molecule has 0 aliphatic heterocycles. The molecule has 0 aliphatic carbocycles. The first-order valence-electron chi connectivity index (χ1n) is 6.39. The summed E-state index contributed by atoms with van der Waals surface area (Å²) >= 11 is 1.55. The zero-order valence-corrected chi connectivity index (χ0v) is 12.4. The van der Waals surface area contributed by atoms with Crippen LogP contribution in [0.25, 0.3) is 10.6 Å². The predicted molar refractivity (Wildman–Crippen MR) is 78.8 cm³/mol. The minimum atomic E-state index is -0.240. The van der Waals surface area contributed by atoms with Crippen LogP contribution in [0.4, 0.5) is 0 Å². The molecule has 3 aromatic rings. The second-order valence-corrected chi connectivity index (χ2v) is 5.58. The quantitative estimate of drug-likeness (QED) is 0.768. The standard InChI is InChI=1S/C13H14N6OS/c1-8(12-18-15-7-19(12)2)16-13(20)9-6-14-17-11(9)10-4-3-5-21-10/h3-8H,1-2H3,(H,14,17)(H,16,20)/t8-/m1/s1. The zero-order chi connectivity index (χ0) is 14.8. The van der Waals surface area contributed by atoms with Crippen molar-refractivity contribution in [1.29, 1.82) is 0 Å². The first kappa shape index (κ1) is 13.5. The SMILES string of the molecule is C[C@@H](NC(=O)c1cn[nH]c1-c1cccs1)c1nncn1C. The summed E-state index contributed by atoms with van der Waals surface area (Å²) in [6.45, 7) is 1.87. The summed E-state index contributed by atoms with van der Waals surface area (Å²) in [5, 5.41) is 19.5. The topological polar surface area (TPSA) is 88.5 Å². The third kappa shape index (κ3) is 2.57. The Morgan fingerprint density at radius 3 is 3.05 bits per heavy atom. The zero-order valence-electron chi connectivity index (χ0n) is 11.6. The van der Waals surface area contributed by atoms with Gasteiger partial charge >= 0.3 is 0 Å². The van der Waals surface area contributed by atoms with Crippen LogP contribution in [0.15, 0.2) is 30.0 Å². The lowest BCUT2D eigenvalue weighted by Crippen LogP contribution is -2.28. The van der Waals surface area contributed by atoms with Crippen LogP contribution < -0.4 is 5.32 Å². The highest BCUT2D eigenvalue weighted by Gasteiger charge is 2.20. The number of amides is 1. The molecular formula is C13H14N6OS. The van der Waals surface area contributed by atoms with E-state index in [4.69, 9.17) is 0 Å². The van der Waals surface area contributed by atoms with Gasteiger partial charge in [0.15, 0.2) is 5.82 Å². The van der Waals surface area contributed by atoms with Crippen LogP contribution in [0.2, 0.25) is 0 Å². The molecule has 3 rings (SSSR count). The number of aromatic amines is 1. The number of nitrogens with zero attached hydrogens (tertiary/aromatic N) is 4. The Labute approximate surface area is 125 Å². The number of hydrogen-bond donors (Lipinski definition) is 2. The molecule has 1 amide bonds. The molecule has 7 nitrogen and oxygen atoms in total. The Kier molecular flexibility index (Phi) is 3.53. The van der Waals surface area contributed by atoms with Crippen LogP contribution >= 0.6 is 11.3 Å².